The van der Waals surface area contributed by atoms with Crippen molar-refractivity contribution in [2.75, 3.05) is 19.0 Å². The van der Waals surface area contributed by atoms with Gasteiger partial charge in [0.2, 0.25) is 5.91 Å². The van der Waals surface area contributed by atoms with E-state index in [0.717, 1.165) is 9.21 Å². The topological polar surface area (TPSA) is 75.6 Å². The van der Waals surface area contributed by atoms with Crippen LogP contribution in [-0.2, 0) is 20.1 Å². The smallest absolute Gasteiger partial charge is 0.331 e. The maximum absolute atomic E-state index is 11.8. The number of halogens is 1. The van der Waals surface area contributed by atoms with Gasteiger partial charge in [-0.1, -0.05) is 11.6 Å². The van der Waals surface area contributed by atoms with E-state index >= 15 is 0 Å². The average Bonchev–Trinajstić information content (AvgIpc) is 2.99. The van der Waals surface area contributed by atoms with Crippen molar-refractivity contribution in [3.8, 4) is 0 Å². The number of thioether (sulfide) groups is 1. The lowest BCUT2D eigenvalue weighted by molar-refractivity contribution is -0.147. The number of carbonyl (C=O) groups excluding carboxylic acids is 1. The first-order valence-electron chi connectivity index (χ1n) is 5.96. The number of nitrogens with one attached hydrogen (secondary N) is 1. The largest absolute Gasteiger partial charge is 0.479 e. The summed E-state index contributed by atoms with van der Waals surface area (Å²) in [5.41, 5.74) is -1.26. The van der Waals surface area contributed by atoms with Gasteiger partial charge < -0.3 is 15.2 Å². The zero-order chi connectivity index (χ0) is 14.6. The molecule has 110 valence electrons. The van der Waals surface area contributed by atoms with Crippen LogP contribution < -0.4 is 5.32 Å². The van der Waals surface area contributed by atoms with Crippen molar-refractivity contribution in [2.45, 2.75) is 17.7 Å². The molecule has 5 nitrogen and oxygen atoms in total. The van der Waals surface area contributed by atoms with Crippen molar-refractivity contribution >= 4 is 46.6 Å². The Morgan fingerprint density at radius 1 is 1.55 bits per heavy atom. The van der Waals surface area contributed by atoms with Crippen molar-refractivity contribution in [3.05, 3.63) is 21.3 Å². The minimum atomic E-state index is -1.26. The highest BCUT2D eigenvalue weighted by molar-refractivity contribution is 7.99. The Morgan fingerprint density at radius 3 is 2.90 bits per heavy atom. The van der Waals surface area contributed by atoms with Gasteiger partial charge in [-0.2, -0.15) is 0 Å². The molecule has 1 atom stereocenters. The van der Waals surface area contributed by atoms with Crippen molar-refractivity contribution in [3.63, 3.8) is 0 Å². The zero-order valence-corrected chi connectivity index (χ0v) is 12.9. The highest BCUT2D eigenvalue weighted by Crippen LogP contribution is 2.25. The van der Waals surface area contributed by atoms with E-state index in [2.05, 4.69) is 5.32 Å². The predicted octanol–water partition coefficient (Wildman–Crippen LogP) is 1.99. The summed E-state index contributed by atoms with van der Waals surface area (Å²) in [5.74, 6) is -0.435. The molecule has 0 radical (unpaired) electrons. The Morgan fingerprint density at radius 2 is 2.35 bits per heavy atom. The summed E-state index contributed by atoms with van der Waals surface area (Å²) in [6, 6.07) is 3.74. The lowest BCUT2D eigenvalue weighted by Crippen LogP contribution is -2.55. The number of thiophene rings is 1. The van der Waals surface area contributed by atoms with Gasteiger partial charge >= 0.3 is 5.97 Å². The van der Waals surface area contributed by atoms with Gasteiger partial charge in [0.25, 0.3) is 0 Å². The highest BCUT2D eigenvalue weighted by atomic mass is 35.5. The van der Waals surface area contributed by atoms with Gasteiger partial charge in [-0.15, -0.1) is 23.1 Å². The SMILES string of the molecule is O=C(CSCc1ccc(Cl)s1)NC1(C(=O)O)CCOC1. The molecule has 1 unspecified atom stereocenters. The molecule has 2 heterocycles. The number of carboxylic acids is 1. The van der Waals surface area contributed by atoms with Crippen LogP contribution in [0.15, 0.2) is 12.1 Å². The maximum Gasteiger partial charge on any atom is 0.331 e. The Balaban J connectivity index is 1.78. The molecule has 0 saturated carbocycles. The van der Waals surface area contributed by atoms with Crippen LogP contribution in [0.3, 0.4) is 0 Å². The molecule has 8 heteroatoms. The third kappa shape index (κ3) is 3.88. The lowest BCUT2D eigenvalue weighted by atomic mass is 9.99. The van der Waals surface area contributed by atoms with Crippen LogP contribution in [0.25, 0.3) is 0 Å². The molecule has 1 aromatic rings. The minimum absolute atomic E-state index is 0.0271. The molecule has 0 bridgehead atoms. The van der Waals surface area contributed by atoms with E-state index in [9.17, 15) is 14.7 Å². The molecule has 0 aliphatic carbocycles. The highest BCUT2D eigenvalue weighted by Gasteiger charge is 2.43. The van der Waals surface area contributed by atoms with E-state index in [0.29, 0.717) is 18.8 Å². The summed E-state index contributed by atoms with van der Waals surface area (Å²) in [4.78, 5) is 24.2. The first-order chi connectivity index (χ1) is 9.52. The van der Waals surface area contributed by atoms with Crippen molar-refractivity contribution in [1.29, 1.82) is 0 Å². The van der Waals surface area contributed by atoms with Gasteiger partial charge in [-0.25, -0.2) is 4.79 Å². The molecule has 0 spiro atoms. The minimum Gasteiger partial charge on any atom is -0.479 e. The summed E-state index contributed by atoms with van der Waals surface area (Å²) in [6.45, 7) is 0.382. The number of aliphatic carboxylic acids is 1. The van der Waals surface area contributed by atoms with E-state index in [-0.39, 0.29) is 18.3 Å². The Hall–Kier alpha value is -0.760. The molecule has 20 heavy (non-hydrogen) atoms. The lowest BCUT2D eigenvalue weighted by Gasteiger charge is -2.23. The molecule has 1 aromatic heterocycles. The Kier molecular flexibility index (Phi) is 5.31. The summed E-state index contributed by atoms with van der Waals surface area (Å²) in [5, 5.41) is 11.8. The fourth-order valence-corrected chi connectivity index (χ4v) is 3.89. The van der Waals surface area contributed by atoms with Crippen LogP contribution in [-0.4, -0.2) is 41.5 Å². The van der Waals surface area contributed by atoms with Gasteiger partial charge in [0, 0.05) is 23.7 Å². The molecule has 0 aromatic carbocycles. The van der Waals surface area contributed by atoms with Crippen molar-refractivity contribution in [2.24, 2.45) is 0 Å². The molecular formula is C12H14ClNO4S2. The standard InChI is InChI=1S/C12H14ClNO4S2/c13-9-2-1-8(20-9)5-19-6-10(15)14-12(11(16)17)3-4-18-7-12/h1-2H,3-7H2,(H,14,15)(H,16,17). The number of ether oxygens (including phenoxy) is 1. The first kappa shape index (κ1) is 15.6. The van der Waals surface area contributed by atoms with Gasteiger partial charge in [0.05, 0.1) is 16.7 Å². The molecule has 1 aliphatic rings. The van der Waals surface area contributed by atoms with Gasteiger partial charge in [-0.05, 0) is 12.1 Å². The van der Waals surface area contributed by atoms with E-state index < -0.39 is 11.5 Å². The third-order valence-electron chi connectivity index (χ3n) is 2.92. The second-order valence-corrected chi connectivity index (χ2v) is 7.22. The summed E-state index contributed by atoms with van der Waals surface area (Å²) >= 11 is 8.72. The molecule has 2 rings (SSSR count). The summed E-state index contributed by atoms with van der Waals surface area (Å²) in [7, 11) is 0. The van der Waals surface area contributed by atoms with Crippen LogP contribution in [0.4, 0.5) is 0 Å². The number of rotatable bonds is 6. The number of hydrogen-bond acceptors (Lipinski definition) is 5. The third-order valence-corrected chi connectivity index (χ3v) is 5.31. The fraction of sp³-hybridized carbons (Fsp3) is 0.500. The monoisotopic (exact) mass is 335 g/mol. The Labute approximate surface area is 129 Å². The molecule has 2 N–H and O–H groups in total. The molecule has 1 amide bonds. The Bertz CT molecular complexity index is 499. The maximum atomic E-state index is 11.8. The van der Waals surface area contributed by atoms with Crippen molar-refractivity contribution in [1.82, 2.24) is 5.32 Å². The first-order valence-corrected chi connectivity index (χ1v) is 8.31. The molecular weight excluding hydrogens is 322 g/mol. The summed E-state index contributed by atoms with van der Waals surface area (Å²) < 4.78 is 5.80. The zero-order valence-electron chi connectivity index (χ0n) is 10.6. The normalized spacial score (nSPS) is 21.9. The van der Waals surface area contributed by atoms with Gasteiger partial charge in [0.15, 0.2) is 5.54 Å². The quantitative estimate of drug-likeness (QED) is 0.831. The predicted molar refractivity (Wildman–Crippen MR) is 79.4 cm³/mol. The number of carbonyl (C=O) groups is 2. The molecule has 1 fully saturated rings. The second kappa shape index (κ2) is 6.80. The average molecular weight is 336 g/mol. The van der Waals surface area contributed by atoms with E-state index in [1.54, 1.807) is 0 Å². The van der Waals surface area contributed by atoms with Crippen LogP contribution in [0, 0.1) is 0 Å². The molecule has 1 aliphatic heterocycles. The van der Waals surface area contributed by atoms with Crippen LogP contribution in [0.2, 0.25) is 4.34 Å². The van der Waals surface area contributed by atoms with E-state index in [4.69, 9.17) is 16.3 Å². The van der Waals surface area contributed by atoms with Gasteiger partial charge in [-0.3, -0.25) is 4.79 Å². The van der Waals surface area contributed by atoms with E-state index in [1.165, 1.54) is 23.1 Å². The molecule has 1 saturated heterocycles. The van der Waals surface area contributed by atoms with Crippen LogP contribution >= 0.6 is 34.7 Å². The number of amides is 1. The number of carboxylic acid groups (broad SMARTS) is 1. The van der Waals surface area contributed by atoms with Crippen LogP contribution in [0.1, 0.15) is 11.3 Å². The van der Waals surface area contributed by atoms with Crippen molar-refractivity contribution < 1.29 is 19.4 Å². The van der Waals surface area contributed by atoms with E-state index in [1.807, 2.05) is 12.1 Å². The number of hydrogen-bond donors (Lipinski definition) is 2. The van der Waals surface area contributed by atoms with Crippen LogP contribution in [0.5, 0.6) is 0 Å². The van der Waals surface area contributed by atoms with Gasteiger partial charge in [0.1, 0.15) is 0 Å². The second-order valence-electron chi connectivity index (χ2n) is 4.44. The fourth-order valence-electron chi connectivity index (χ4n) is 1.86. The summed E-state index contributed by atoms with van der Waals surface area (Å²) in [6.07, 6.45) is 0.305.